The molecule has 0 spiro atoms. The van der Waals surface area contributed by atoms with Crippen LogP contribution >= 0.6 is 0 Å². The lowest BCUT2D eigenvalue weighted by atomic mass is 10.2. The van der Waals surface area contributed by atoms with Crippen molar-refractivity contribution in [3.8, 4) is 17.9 Å². The van der Waals surface area contributed by atoms with E-state index in [9.17, 15) is 22.0 Å². The van der Waals surface area contributed by atoms with Crippen molar-refractivity contribution in [1.82, 2.24) is 9.97 Å². The van der Waals surface area contributed by atoms with E-state index in [2.05, 4.69) is 14.6 Å². The molecule has 0 unspecified atom stereocenters. The maximum Gasteiger partial charge on any atom is 0.707 e. The van der Waals surface area contributed by atoms with Gasteiger partial charge in [-0.25, -0.2) is 13.2 Å². The molecule has 1 aromatic carbocycles. The minimum atomic E-state index is -2.70. The highest BCUT2D eigenvalue weighted by Gasteiger charge is 2.29. The van der Waals surface area contributed by atoms with Crippen LogP contribution < -0.4 is 4.65 Å². The van der Waals surface area contributed by atoms with Crippen molar-refractivity contribution in [2.45, 2.75) is 0 Å². The van der Waals surface area contributed by atoms with Crippen molar-refractivity contribution in [2.75, 3.05) is 0 Å². The summed E-state index contributed by atoms with van der Waals surface area (Å²) in [6.07, 6.45) is 6.38. The molecule has 0 aliphatic carbocycles. The quantitative estimate of drug-likeness (QED) is 0.274. The van der Waals surface area contributed by atoms with Gasteiger partial charge < -0.3 is 14.7 Å². The molecule has 2 heterocycles. The molecule has 0 aliphatic heterocycles. The molecular weight excluding hydrogens is 426 g/mol. The SMILES string of the molecule is N#Cc1ccncc1.N#Cc1ccncc1.OB(O)Oc1c(F)c(F)c(F)c(F)c1F. The first kappa shape index (κ1) is 25.0. The van der Waals surface area contributed by atoms with Crippen molar-refractivity contribution in [1.29, 1.82) is 10.5 Å². The van der Waals surface area contributed by atoms with Gasteiger partial charge in [0, 0.05) is 24.8 Å². The summed E-state index contributed by atoms with van der Waals surface area (Å²) in [4.78, 5) is 7.48. The smallest absolute Gasteiger partial charge is 0.507 e. The number of nitriles is 2. The maximum absolute atomic E-state index is 12.7. The van der Waals surface area contributed by atoms with Crippen LogP contribution in [0.4, 0.5) is 22.0 Å². The van der Waals surface area contributed by atoms with E-state index in [0.29, 0.717) is 11.1 Å². The van der Waals surface area contributed by atoms with E-state index >= 15 is 0 Å². The van der Waals surface area contributed by atoms with Gasteiger partial charge in [-0.2, -0.15) is 19.3 Å². The van der Waals surface area contributed by atoms with Crippen molar-refractivity contribution >= 4 is 7.32 Å². The minimum Gasteiger partial charge on any atom is -0.507 e. The van der Waals surface area contributed by atoms with Gasteiger partial charge in [0.05, 0.1) is 23.3 Å². The summed E-state index contributed by atoms with van der Waals surface area (Å²) in [5.74, 6) is -13.1. The summed E-state index contributed by atoms with van der Waals surface area (Å²) in [5, 5.41) is 32.9. The number of rotatable bonds is 2. The van der Waals surface area contributed by atoms with Crippen molar-refractivity contribution < 1.29 is 36.7 Å². The summed E-state index contributed by atoms with van der Waals surface area (Å²) < 4.78 is 66.3. The van der Waals surface area contributed by atoms with Gasteiger partial charge in [0.1, 0.15) is 0 Å². The second-order valence-corrected chi connectivity index (χ2v) is 5.04. The summed E-state index contributed by atoms with van der Waals surface area (Å²) in [7, 11) is -2.70. The van der Waals surface area contributed by atoms with Crippen LogP contribution in [0.15, 0.2) is 49.1 Å². The zero-order valence-electron chi connectivity index (χ0n) is 15.2. The Morgan fingerprint density at radius 1 is 0.677 bits per heavy atom. The van der Waals surface area contributed by atoms with Crippen LogP contribution in [-0.2, 0) is 0 Å². The molecular formula is C18H10BF5N4O3. The Balaban J connectivity index is 0.000000253. The Morgan fingerprint density at radius 3 is 1.26 bits per heavy atom. The van der Waals surface area contributed by atoms with E-state index in [1.165, 1.54) is 0 Å². The average molecular weight is 436 g/mol. The first-order valence-corrected chi connectivity index (χ1v) is 7.87. The van der Waals surface area contributed by atoms with E-state index in [4.69, 9.17) is 20.6 Å². The summed E-state index contributed by atoms with van der Waals surface area (Å²) >= 11 is 0. The van der Waals surface area contributed by atoms with E-state index in [-0.39, 0.29) is 0 Å². The number of halogens is 5. The van der Waals surface area contributed by atoms with Crippen molar-refractivity contribution in [3.05, 3.63) is 89.3 Å². The number of hydrogen-bond acceptors (Lipinski definition) is 7. The summed E-state index contributed by atoms with van der Waals surface area (Å²) in [6.45, 7) is 0. The van der Waals surface area contributed by atoms with Crippen LogP contribution in [0, 0.1) is 51.7 Å². The molecule has 3 rings (SSSR count). The second kappa shape index (κ2) is 12.5. The largest absolute Gasteiger partial charge is 0.707 e. The monoisotopic (exact) mass is 436 g/mol. The molecule has 0 fully saturated rings. The number of pyridine rings is 2. The van der Waals surface area contributed by atoms with E-state index in [1.54, 1.807) is 49.1 Å². The molecule has 0 atom stereocenters. The number of aromatic nitrogens is 2. The van der Waals surface area contributed by atoms with Gasteiger partial charge in [-0.3, -0.25) is 9.97 Å². The van der Waals surface area contributed by atoms with Gasteiger partial charge in [-0.1, -0.05) is 0 Å². The number of benzene rings is 1. The highest BCUT2D eigenvalue weighted by molar-refractivity contribution is 6.33. The maximum atomic E-state index is 12.7. The zero-order valence-corrected chi connectivity index (χ0v) is 15.2. The highest BCUT2D eigenvalue weighted by atomic mass is 19.2. The lowest BCUT2D eigenvalue weighted by Gasteiger charge is -2.08. The normalized spacial score (nSPS) is 9.06. The molecule has 0 saturated carbocycles. The molecule has 13 heteroatoms. The summed E-state index contributed by atoms with van der Waals surface area (Å²) in [6, 6.07) is 10.6. The van der Waals surface area contributed by atoms with Crippen LogP contribution in [0.1, 0.15) is 11.1 Å². The highest BCUT2D eigenvalue weighted by Crippen LogP contribution is 2.29. The molecule has 0 saturated heterocycles. The number of nitrogens with zero attached hydrogens (tertiary/aromatic N) is 4. The Bertz CT molecular complexity index is 999. The Kier molecular flexibility index (Phi) is 10.1. The lowest BCUT2D eigenvalue weighted by Crippen LogP contribution is -2.23. The van der Waals surface area contributed by atoms with Crippen LogP contribution in [0.2, 0.25) is 0 Å². The molecule has 2 N–H and O–H groups in total. The Morgan fingerprint density at radius 2 is 1.00 bits per heavy atom. The minimum absolute atomic E-state index is 0.653. The predicted octanol–water partition coefficient (Wildman–Crippen LogP) is 2.64. The average Bonchev–Trinajstić information content (AvgIpc) is 2.81. The third-order valence-corrected chi connectivity index (χ3v) is 3.01. The van der Waals surface area contributed by atoms with E-state index in [0.717, 1.165) is 0 Å². The molecule has 2 aromatic heterocycles. The van der Waals surface area contributed by atoms with Crippen LogP contribution in [0.5, 0.6) is 5.75 Å². The van der Waals surface area contributed by atoms with Crippen LogP contribution in [-0.4, -0.2) is 27.3 Å². The molecule has 0 aliphatic rings. The van der Waals surface area contributed by atoms with Crippen molar-refractivity contribution in [3.63, 3.8) is 0 Å². The summed E-state index contributed by atoms with van der Waals surface area (Å²) in [5.41, 5.74) is 1.31. The topological polar surface area (TPSA) is 123 Å². The first-order valence-electron chi connectivity index (χ1n) is 7.87. The zero-order chi connectivity index (χ0) is 23.4. The molecule has 0 bridgehead atoms. The predicted molar refractivity (Wildman–Crippen MR) is 95.0 cm³/mol. The Labute approximate surface area is 172 Å². The van der Waals surface area contributed by atoms with Crippen LogP contribution in [0.3, 0.4) is 0 Å². The third kappa shape index (κ3) is 7.70. The molecule has 7 nitrogen and oxygen atoms in total. The van der Waals surface area contributed by atoms with Gasteiger partial charge >= 0.3 is 7.32 Å². The fourth-order valence-electron chi connectivity index (χ4n) is 1.65. The first-order chi connectivity index (χ1) is 14.7. The van der Waals surface area contributed by atoms with Gasteiger partial charge in [-0.05, 0) is 24.3 Å². The van der Waals surface area contributed by atoms with Gasteiger partial charge in [0.25, 0.3) is 0 Å². The second-order valence-electron chi connectivity index (χ2n) is 5.04. The van der Waals surface area contributed by atoms with E-state index < -0.39 is 42.2 Å². The molecule has 3 aromatic rings. The van der Waals surface area contributed by atoms with Crippen molar-refractivity contribution in [2.24, 2.45) is 0 Å². The standard InChI is InChI=1S/C6H2BF5O3.2C6H4N2/c8-1-2(9)4(11)6(15-7(13)14)5(12)3(1)10;2*7-5-6-1-3-8-4-2-6/h13-14H;2*1-4H. The molecule has 0 amide bonds. The van der Waals surface area contributed by atoms with Gasteiger partial charge in [0.2, 0.25) is 29.1 Å². The fraction of sp³-hybridized carbons (Fsp3) is 0. The van der Waals surface area contributed by atoms with Gasteiger partial charge in [-0.15, -0.1) is 0 Å². The lowest BCUT2D eigenvalue weighted by molar-refractivity contribution is 0.263. The van der Waals surface area contributed by atoms with E-state index in [1.807, 2.05) is 12.1 Å². The van der Waals surface area contributed by atoms with Gasteiger partial charge in [0.15, 0.2) is 5.75 Å². The molecule has 158 valence electrons. The molecule has 0 radical (unpaired) electrons. The third-order valence-electron chi connectivity index (χ3n) is 3.01. The number of hydrogen-bond donors (Lipinski definition) is 2. The fourth-order valence-corrected chi connectivity index (χ4v) is 1.65. The Hall–Kier alpha value is -4.07. The van der Waals surface area contributed by atoms with Crippen LogP contribution in [0.25, 0.3) is 0 Å². The molecule has 31 heavy (non-hydrogen) atoms.